The summed E-state index contributed by atoms with van der Waals surface area (Å²) in [6.45, 7) is 1.64. The Hall–Kier alpha value is -0.520. The molecule has 0 saturated carbocycles. The summed E-state index contributed by atoms with van der Waals surface area (Å²) in [5.74, 6) is 0.129. The molecule has 1 aliphatic rings. The normalized spacial score (nSPS) is 23.1. The largest absolute Gasteiger partial charge is 0.336 e. The van der Waals surface area contributed by atoms with E-state index in [0.29, 0.717) is 11.3 Å². The molecule has 0 aliphatic carbocycles. The number of amides is 1. The van der Waals surface area contributed by atoms with Gasteiger partial charge < -0.3 is 9.80 Å². The first-order valence-corrected chi connectivity index (χ1v) is 8.35. The van der Waals surface area contributed by atoms with Crippen LogP contribution in [-0.4, -0.2) is 60.4 Å². The molecule has 104 valence electrons. The Morgan fingerprint density at radius 1 is 1.42 bits per heavy atom. The Morgan fingerprint density at radius 3 is 2.68 bits per heavy atom. The number of thioether (sulfide) groups is 1. The fraction of sp³-hybridized carbons (Fsp3) is 0.500. The summed E-state index contributed by atoms with van der Waals surface area (Å²) < 4.78 is 0.947. The lowest BCUT2D eigenvalue weighted by atomic mass is 10.2. The van der Waals surface area contributed by atoms with E-state index in [2.05, 4.69) is 41.2 Å². The molecule has 3 nitrogen and oxygen atoms in total. The van der Waals surface area contributed by atoms with Gasteiger partial charge in [-0.3, -0.25) is 4.79 Å². The number of nitrogens with zero attached hydrogens (tertiary/aromatic N) is 2. The molecule has 0 bridgehead atoms. The first-order valence-electron chi connectivity index (χ1n) is 6.27. The predicted octanol–water partition coefficient (Wildman–Crippen LogP) is 2.57. The topological polar surface area (TPSA) is 23.6 Å². The van der Waals surface area contributed by atoms with Crippen molar-refractivity contribution in [2.24, 2.45) is 0 Å². The molecule has 2 rings (SSSR count). The summed E-state index contributed by atoms with van der Waals surface area (Å²) >= 11 is 5.26. The maximum absolute atomic E-state index is 12.5. The fourth-order valence-corrected chi connectivity index (χ4v) is 3.83. The molecular weight excluding hydrogens is 324 g/mol. The number of rotatable bonds is 3. The van der Waals surface area contributed by atoms with Crippen molar-refractivity contribution >= 4 is 33.6 Å². The number of hydrogen-bond donors (Lipinski definition) is 0. The molecule has 0 radical (unpaired) electrons. The van der Waals surface area contributed by atoms with Gasteiger partial charge in [-0.25, -0.2) is 0 Å². The second-order valence-corrected chi connectivity index (χ2v) is 7.02. The first-order chi connectivity index (χ1) is 9.02. The van der Waals surface area contributed by atoms with Crippen molar-refractivity contribution in [1.82, 2.24) is 9.80 Å². The molecule has 0 N–H and O–H groups in total. The molecule has 1 heterocycles. The maximum Gasteiger partial charge on any atom is 0.253 e. The quantitative estimate of drug-likeness (QED) is 0.843. The number of likely N-dealkylation sites (N-methyl/N-ethyl adjacent to an activating group) is 1. The monoisotopic (exact) mass is 342 g/mol. The molecule has 1 fully saturated rings. The summed E-state index contributed by atoms with van der Waals surface area (Å²) in [6.07, 6.45) is 2.12. The molecule has 1 aliphatic heterocycles. The van der Waals surface area contributed by atoms with Gasteiger partial charge in [-0.05, 0) is 38.6 Å². The smallest absolute Gasteiger partial charge is 0.253 e. The van der Waals surface area contributed by atoms with E-state index in [1.165, 1.54) is 0 Å². The second kappa shape index (κ2) is 6.29. The zero-order valence-corrected chi connectivity index (χ0v) is 13.9. The van der Waals surface area contributed by atoms with E-state index >= 15 is 0 Å². The molecule has 1 aromatic rings. The summed E-state index contributed by atoms with van der Waals surface area (Å²) in [4.78, 5) is 16.7. The van der Waals surface area contributed by atoms with Crippen molar-refractivity contribution in [3.05, 3.63) is 34.3 Å². The highest BCUT2D eigenvalue weighted by molar-refractivity contribution is 9.10. The van der Waals surface area contributed by atoms with Crippen molar-refractivity contribution in [3.8, 4) is 0 Å². The average Bonchev–Trinajstić information content (AvgIpc) is 2.82. The SMILES string of the molecule is CS[C@H]1CN(C(=O)c2cccc(Br)c2)C[C@H]1N(C)C. The summed E-state index contributed by atoms with van der Waals surface area (Å²) in [6, 6.07) is 8.05. The van der Waals surface area contributed by atoms with Crippen molar-refractivity contribution in [2.75, 3.05) is 33.4 Å². The molecule has 2 atom stereocenters. The molecule has 1 saturated heterocycles. The molecule has 1 amide bonds. The zero-order valence-electron chi connectivity index (χ0n) is 11.5. The third kappa shape index (κ3) is 3.33. The highest BCUT2D eigenvalue weighted by Crippen LogP contribution is 2.25. The maximum atomic E-state index is 12.5. The van der Waals surface area contributed by atoms with Gasteiger partial charge in [0.05, 0.1) is 0 Å². The molecule has 1 aromatic carbocycles. The second-order valence-electron chi connectivity index (χ2n) is 5.03. The zero-order chi connectivity index (χ0) is 14.0. The van der Waals surface area contributed by atoms with Crippen LogP contribution in [0.2, 0.25) is 0 Å². The van der Waals surface area contributed by atoms with Crippen LogP contribution in [0.3, 0.4) is 0 Å². The van der Waals surface area contributed by atoms with Gasteiger partial charge in [0.25, 0.3) is 5.91 Å². The molecule has 0 unspecified atom stereocenters. The third-order valence-electron chi connectivity index (χ3n) is 3.56. The number of carbonyl (C=O) groups excluding carboxylic acids is 1. The Labute approximate surface area is 127 Å². The van der Waals surface area contributed by atoms with Crippen LogP contribution in [0, 0.1) is 0 Å². The molecular formula is C14H19BrN2OS. The standard InChI is InChI=1S/C14H19BrN2OS/c1-16(2)12-8-17(9-13(12)19-3)14(18)10-5-4-6-11(15)7-10/h4-7,12-13H,8-9H2,1-3H3/t12-,13+/m1/s1. The number of hydrogen-bond acceptors (Lipinski definition) is 3. The Morgan fingerprint density at radius 2 is 2.16 bits per heavy atom. The van der Waals surface area contributed by atoms with Gasteiger partial charge in [0.15, 0.2) is 0 Å². The summed E-state index contributed by atoms with van der Waals surface area (Å²) in [5.41, 5.74) is 0.758. The van der Waals surface area contributed by atoms with E-state index in [0.717, 1.165) is 23.1 Å². The van der Waals surface area contributed by atoms with E-state index in [1.807, 2.05) is 40.9 Å². The van der Waals surface area contributed by atoms with E-state index in [-0.39, 0.29) is 5.91 Å². The molecule has 19 heavy (non-hydrogen) atoms. The first kappa shape index (κ1) is 14.9. The van der Waals surface area contributed by atoms with Crippen LogP contribution >= 0.6 is 27.7 Å². The Bertz CT molecular complexity index is 467. The number of benzene rings is 1. The lowest BCUT2D eigenvalue weighted by Gasteiger charge is -2.23. The van der Waals surface area contributed by atoms with Crippen LogP contribution in [0.25, 0.3) is 0 Å². The molecule has 0 aromatic heterocycles. The van der Waals surface area contributed by atoms with E-state index in [1.54, 1.807) is 0 Å². The summed E-state index contributed by atoms with van der Waals surface area (Å²) in [5, 5.41) is 0.492. The average molecular weight is 343 g/mol. The van der Waals surface area contributed by atoms with Crippen LogP contribution in [0.1, 0.15) is 10.4 Å². The number of carbonyl (C=O) groups is 1. The van der Waals surface area contributed by atoms with Crippen LogP contribution in [0.15, 0.2) is 28.7 Å². The predicted molar refractivity (Wildman–Crippen MR) is 84.8 cm³/mol. The Balaban J connectivity index is 2.13. The minimum absolute atomic E-state index is 0.129. The van der Waals surface area contributed by atoms with Gasteiger partial charge in [0.1, 0.15) is 0 Å². The van der Waals surface area contributed by atoms with E-state index < -0.39 is 0 Å². The van der Waals surface area contributed by atoms with Crippen molar-refractivity contribution < 1.29 is 4.79 Å². The molecule has 5 heteroatoms. The lowest BCUT2D eigenvalue weighted by molar-refractivity contribution is 0.0783. The van der Waals surface area contributed by atoms with Gasteiger partial charge in [0, 0.05) is 34.4 Å². The van der Waals surface area contributed by atoms with Crippen LogP contribution < -0.4 is 0 Å². The molecule has 0 spiro atoms. The fourth-order valence-electron chi connectivity index (χ4n) is 2.45. The van der Waals surface area contributed by atoms with Crippen LogP contribution in [0.4, 0.5) is 0 Å². The highest BCUT2D eigenvalue weighted by atomic mass is 79.9. The van der Waals surface area contributed by atoms with Gasteiger partial charge >= 0.3 is 0 Å². The van der Waals surface area contributed by atoms with Crippen molar-refractivity contribution in [1.29, 1.82) is 0 Å². The van der Waals surface area contributed by atoms with Crippen molar-refractivity contribution in [3.63, 3.8) is 0 Å². The van der Waals surface area contributed by atoms with Gasteiger partial charge in [0.2, 0.25) is 0 Å². The number of halogens is 1. The van der Waals surface area contributed by atoms with Crippen LogP contribution in [-0.2, 0) is 0 Å². The summed E-state index contributed by atoms with van der Waals surface area (Å²) in [7, 11) is 4.17. The highest BCUT2D eigenvalue weighted by Gasteiger charge is 2.36. The van der Waals surface area contributed by atoms with Crippen molar-refractivity contribution in [2.45, 2.75) is 11.3 Å². The third-order valence-corrected chi connectivity index (χ3v) is 5.12. The van der Waals surface area contributed by atoms with E-state index in [9.17, 15) is 4.79 Å². The van der Waals surface area contributed by atoms with Gasteiger partial charge in [-0.2, -0.15) is 11.8 Å². The van der Waals surface area contributed by atoms with E-state index in [4.69, 9.17) is 0 Å². The lowest BCUT2D eigenvalue weighted by Crippen LogP contribution is -2.37. The minimum atomic E-state index is 0.129. The minimum Gasteiger partial charge on any atom is -0.336 e. The number of likely N-dealkylation sites (tertiary alicyclic amines) is 1. The van der Waals surface area contributed by atoms with Crippen LogP contribution in [0.5, 0.6) is 0 Å². The van der Waals surface area contributed by atoms with Gasteiger partial charge in [-0.1, -0.05) is 22.0 Å². The van der Waals surface area contributed by atoms with Gasteiger partial charge in [-0.15, -0.1) is 0 Å². The Kier molecular flexibility index (Phi) is 4.92.